The average molecular weight is 383 g/mol. The molecule has 7 heteroatoms. The monoisotopic (exact) mass is 383 g/mol. The van der Waals surface area contributed by atoms with Crippen LogP contribution in [0.15, 0.2) is 17.7 Å². The highest BCUT2D eigenvalue weighted by atomic mass is 127. The van der Waals surface area contributed by atoms with Crippen LogP contribution in [0.25, 0.3) is 6.08 Å². The summed E-state index contributed by atoms with van der Waals surface area (Å²) >= 11 is 2.00. The number of methoxy groups -OCH3 is 1. The van der Waals surface area contributed by atoms with Gasteiger partial charge in [-0.05, 0) is 46.4 Å². The minimum atomic E-state index is -0.594. The Morgan fingerprint density at radius 3 is 2.60 bits per heavy atom. The Hall–Kier alpha value is -2.26. The summed E-state index contributed by atoms with van der Waals surface area (Å²) in [5.41, 5.74) is 5.63. The Morgan fingerprint density at radius 1 is 1.45 bits per heavy atom. The van der Waals surface area contributed by atoms with Crippen molar-refractivity contribution >= 4 is 34.6 Å². The van der Waals surface area contributed by atoms with Gasteiger partial charge >= 0.3 is 0 Å². The smallest absolute Gasteiger partial charge is 0.255 e. The Kier molecular flexibility index (Phi) is 5.81. The summed E-state index contributed by atoms with van der Waals surface area (Å²) in [7, 11) is 1.45. The van der Waals surface area contributed by atoms with Crippen LogP contribution in [0.4, 0.5) is 0 Å². The fourth-order valence-electron chi connectivity index (χ4n) is 1.36. The van der Waals surface area contributed by atoms with Crippen LogP contribution in [-0.4, -0.2) is 19.6 Å². The SMILES string of the molecule is COc1cc(C=C(C#N)C#N)cc(I)c1OCC(N)=O. The normalized spacial score (nSPS) is 9.00. The molecule has 0 atom stereocenters. The Balaban J connectivity index is 3.21. The Bertz CT molecular complexity index is 625. The van der Waals surface area contributed by atoms with Gasteiger partial charge in [-0.25, -0.2) is 0 Å². The largest absolute Gasteiger partial charge is 0.493 e. The molecule has 0 aliphatic carbocycles. The number of nitrogens with two attached hydrogens (primary N) is 1. The van der Waals surface area contributed by atoms with E-state index >= 15 is 0 Å². The van der Waals surface area contributed by atoms with E-state index in [0.29, 0.717) is 20.6 Å². The van der Waals surface area contributed by atoms with Gasteiger partial charge in [0.15, 0.2) is 18.1 Å². The van der Waals surface area contributed by atoms with Crippen LogP contribution >= 0.6 is 22.6 Å². The predicted molar refractivity (Wildman–Crippen MR) is 79.6 cm³/mol. The third kappa shape index (κ3) is 4.14. The molecule has 1 amide bonds. The maximum absolute atomic E-state index is 10.7. The number of carbonyl (C=O) groups is 1. The van der Waals surface area contributed by atoms with Crippen molar-refractivity contribution in [3.05, 3.63) is 26.8 Å². The molecule has 1 aromatic carbocycles. The lowest BCUT2D eigenvalue weighted by atomic mass is 10.1. The van der Waals surface area contributed by atoms with Gasteiger partial charge in [0, 0.05) is 0 Å². The van der Waals surface area contributed by atoms with Gasteiger partial charge in [-0.15, -0.1) is 0 Å². The summed E-state index contributed by atoms with van der Waals surface area (Å²) < 4.78 is 11.1. The van der Waals surface area contributed by atoms with E-state index < -0.39 is 5.91 Å². The molecule has 6 nitrogen and oxygen atoms in total. The van der Waals surface area contributed by atoms with Gasteiger partial charge in [-0.2, -0.15) is 10.5 Å². The number of benzene rings is 1. The van der Waals surface area contributed by atoms with Gasteiger partial charge in [0.1, 0.15) is 17.7 Å². The molecule has 0 saturated carbocycles. The number of nitriles is 2. The standard InChI is InChI=1S/C13H10IN3O3/c1-19-11-4-8(2-9(5-15)6-16)3-10(14)13(11)20-7-12(17)18/h2-4H,7H2,1H3,(H2,17,18). The topological polar surface area (TPSA) is 109 Å². The lowest BCUT2D eigenvalue weighted by Gasteiger charge is -2.12. The molecule has 0 saturated heterocycles. The first-order valence-corrected chi connectivity index (χ1v) is 6.40. The van der Waals surface area contributed by atoms with E-state index in [9.17, 15) is 4.79 Å². The van der Waals surface area contributed by atoms with Crippen molar-refractivity contribution in [1.29, 1.82) is 10.5 Å². The summed E-state index contributed by atoms with van der Waals surface area (Å²) in [6.07, 6.45) is 1.43. The van der Waals surface area contributed by atoms with E-state index in [1.165, 1.54) is 13.2 Å². The predicted octanol–water partition coefficient (Wildman–Crippen LogP) is 1.59. The first-order chi connectivity index (χ1) is 9.51. The van der Waals surface area contributed by atoms with Gasteiger partial charge in [-0.1, -0.05) is 0 Å². The third-order valence-electron chi connectivity index (χ3n) is 2.16. The average Bonchev–Trinajstić information content (AvgIpc) is 2.42. The first kappa shape index (κ1) is 15.8. The van der Waals surface area contributed by atoms with Crippen molar-refractivity contribution in [3.63, 3.8) is 0 Å². The minimum Gasteiger partial charge on any atom is -0.493 e. The van der Waals surface area contributed by atoms with E-state index in [-0.39, 0.29) is 12.2 Å². The maximum Gasteiger partial charge on any atom is 0.255 e. The van der Waals surface area contributed by atoms with Crippen molar-refractivity contribution in [2.75, 3.05) is 13.7 Å². The molecule has 0 spiro atoms. The number of amides is 1. The van der Waals surface area contributed by atoms with Crippen molar-refractivity contribution in [2.45, 2.75) is 0 Å². The number of allylic oxidation sites excluding steroid dienone is 1. The molecule has 0 aromatic heterocycles. The number of ether oxygens (including phenoxy) is 2. The van der Waals surface area contributed by atoms with Crippen molar-refractivity contribution in [3.8, 4) is 23.6 Å². The number of carbonyl (C=O) groups excluding carboxylic acids is 1. The van der Waals surface area contributed by atoms with Crippen LogP contribution in [0.3, 0.4) is 0 Å². The lowest BCUT2D eigenvalue weighted by molar-refractivity contribution is -0.119. The van der Waals surface area contributed by atoms with E-state index in [2.05, 4.69) is 0 Å². The second kappa shape index (κ2) is 7.36. The van der Waals surface area contributed by atoms with Gasteiger partial charge < -0.3 is 15.2 Å². The summed E-state index contributed by atoms with van der Waals surface area (Å²) in [4.78, 5) is 10.7. The molecule has 1 rings (SSSR count). The zero-order valence-electron chi connectivity index (χ0n) is 10.5. The van der Waals surface area contributed by atoms with Gasteiger partial charge in [0.25, 0.3) is 5.91 Å². The van der Waals surface area contributed by atoms with Crippen LogP contribution in [0.2, 0.25) is 0 Å². The van der Waals surface area contributed by atoms with Gasteiger partial charge in [-0.3, -0.25) is 4.79 Å². The molecule has 0 radical (unpaired) electrons. The number of halogens is 1. The number of hydrogen-bond donors (Lipinski definition) is 1. The van der Waals surface area contributed by atoms with E-state index in [1.807, 2.05) is 22.6 Å². The second-order valence-corrected chi connectivity index (χ2v) is 4.73. The number of nitrogens with zero attached hydrogens (tertiary/aromatic N) is 2. The Labute approximate surface area is 129 Å². The number of hydrogen-bond acceptors (Lipinski definition) is 5. The summed E-state index contributed by atoms with van der Waals surface area (Å²) in [6.45, 7) is -0.261. The molecule has 0 bridgehead atoms. The maximum atomic E-state index is 10.7. The van der Waals surface area contributed by atoms with Crippen molar-refractivity contribution in [1.82, 2.24) is 0 Å². The fraction of sp³-hybridized carbons (Fsp3) is 0.154. The van der Waals surface area contributed by atoms with Crippen LogP contribution in [0.5, 0.6) is 11.5 Å². The molecule has 2 N–H and O–H groups in total. The van der Waals surface area contributed by atoms with Crippen molar-refractivity contribution < 1.29 is 14.3 Å². The molecule has 1 aromatic rings. The van der Waals surface area contributed by atoms with Crippen LogP contribution < -0.4 is 15.2 Å². The third-order valence-corrected chi connectivity index (χ3v) is 2.96. The summed E-state index contributed by atoms with van der Waals surface area (Å²) in [5, 5.41) is 17.5. The van der Waals surface area contributed by atoms with Gasteiger partial charge in [0.05, 0.1) is 10.7 Å². The second-order valence-electron chi connectivity index (χ2n) is 3.57. The first-order valence-electron chi connectivity index (χ1n) is 5.32. The summed E-state index contributed by atoms with van der Waals surface area (Å²) in [6, 6.07) is 6.86. The highest BCUT2D eigenvalue weighted by molar-refractivity contribution is 14.1. The highest BCUT2D eigenvalue weighted by Gasteiger charge is 2.12. The number of primary amides is 1. The molecule has 0 unspecified atom stereocenters. The summed E-state index contributed by atoms with van der Waals surface area (Å²) in [5.74, 6) is 0.183. The van der Waals surface area contributed by atoms with Crippen molar-refractivity contribution in [2.24, 2.45) is 5.73 Å². The van der Waals surface area contributed by atoms with E-state index in [0.717, 1.165) is 0 Å². The quantitative estimate of drug-likeness (QED) is 0.614. The molecule has 0 aliphatic heterocycles. The molecule has 20 heavy (non-hydrogen) atoms. The van der Waals surface area contributed by atoms with E-state index in [1.54, 1.807) is 24.3 Å². The number of rotatable bonds is 5. The minimum absolute atomic E-state index is 0.0198. The molecule has 102 valence electrons. The van der Waals surface area contributed by atoms with E-state index in [4.69, 9.17) is 25.7 Å². The molecule has 0 fully saturated rings. The highest BCUT2D eigenvalue weighted by Crippen LogP contribution is 2.34. The zero-order valence-corrected chi connectivity index (χ0v) is 12.7. The molecule has 0 aliphatic rings. The Morgan fingerprint density at radius 2 is 2.10 bits per heavy atom. The molecular weight excluding hydrogens is 373 g/mol. The zero-order chi connectivity index (χ0) is 15.1. The molecule has 0 heterocycles. The van der Waals surface area contributed by atoms with Gasteiger partial charge in [0.2, 0.25) is 0 Å². The molecular formula is C13H10IN3O3. The fourth-order valence-corrected chi connectivity index (χ4v) is 2.14. The van der Waals surface area contributed by atoms with Crippen LogP contribution in [0, 0.1) is 26.2 Å². The lowest BCUT2D eigenvalue weighted by Crippen LogP contribution is -2.20. The van der Waals surface area contributed by atoms with Crippen LogP contribution in [-0.2, 0) is 4.79 Å². The van der Waals surface area contributed by atoms with Crippen LogP contribution in [0.1, 0.15) is 5.56 Å².